The molecule has 2 aromatic rings. The number of carbonyl (C=O) groups excluding carboxylic acids is 2. The minimum atomic E-state index is -0.889. The van der Waals surface area contributed by atoms with Crippen molar-refractivity contribution in [2.24, 2.45) is 0 Å². The molecule has 0 saturated heterocycles. The van der Waals surface area contributed by atoms with Gasteiger partial charge in [-0.3, -0.25) is 9.59 Å². The van der Waals surface area contributed by atoms with E-state index in [1.807, 2.05) is 60.4 Å². The average Bonchev–Trinajstić information content (AvgIpc) is 2.74. The SMILES string of the molecule is CC1(C(=O)NCc2ccc(Cl)cc2)Cc2ccccc2C(=O)N1C1CCCCC1. The maximum atomic E-state index is 13.5. The predicted octanol–water partition coefficient (Wildman–Crippen LogP) is 4.75. The van der Waals surface area contributed by atoms with Crippen LogP contribution >= 0.6 is 11.6 Å². The number of nitrogens with zero attached hydrogens (tertiary/aromatic N) is 1. The molecule has 2 aliphatic rings. The van der Waals surface area contributed by atoms with E-state index in [0.29, 0.717) is 18.0 Å². The summed E-state index contributed by atoms with van der Waals surface area (Å²) in [6.45, 7) is 2.34. The molecule has 1 aliphatic heterocycles. The lowest BCUT2D eigenvalue weighted by molar-refractivity contribution is -0.133. The molecule has 1 heterocycles. The van der Waals surface area contributed by atoms with Gasteiger partial charge in [-0.1, -0.05) is 61.2 Å². The molecule has 1 N–H and O–H groups in total. The number of hydrogen-bond acceptors (Lipinski definition) is 2. The first-order chi connectivity index (χ1) is 14.0. The molecule has 0 aromatic heterocycles. The maximum absolute atomic E-state index is 13.5. The Labute approximate surface area is 177 Å². The maximum Gasteiger partial charge on any atom is 0.255 e. The number of halogens is 1. The third-order valence-corrected chi connectivity index (χ3v) is 6.58. The van der Waals surface area contributed by atoms with Gasteiger partial charge in [-0.15, -0.1) is 0 Å². The highest BCUT2D eigenvalue weighted by atomic mass is 35.5. The molecule has 5 heteroatoms. The van der Waals surface area contributed by atoms with Crippen LogP contribution in [0.4, 0.5) is 0 Å². The molecular weight excluding hydrogens is 384 g/mol. The first kappa shape index (κ1) is 20.0. The number of amides is 2. The summed E-state index contributed by atoms with van der Waals surface area (Å²) in [7, 11) is 0. The van der Waals surface area contributed by atoms with Gasteiger partial charge in [0.25, 0.3) is 5.91 Å². The van der Waals surface area contributed by atoms with E-state index in [2.05, 4.69) is 5.32 Å². The summed E-state index contributed by atoms with van der Waals surface area (Å²) in [6.07, 6.45) is 5.89. The van der Waals surface area contributed by atoms with Crippen LogP contribution in [0.5, 0.6) is 0 Å². The van der Waals surface area contributed by atoms with Crippen LogP contribution < -0.4 is 5.32 Å². The van der Waals surface area contributed by atoms with E-state index in [1.165, 1.54) is 6.42 Å². The van der Waals surface area contributed by atoms with Crippen molar-refractivity contribution >= 4 is 23.4 Å². The largest absolute Gasteiger partial charge is 0.350 e. The molecule has 152 valence electrons. The molecule has 1 fully saturated rings. The van der Waals surface area contributed by atoms with Gasteiger partial charge in [0.2, 0.25) is 5.91 Å². The highest BCUT2D eigenvalue weighted by molar-refractivity contribution is 6.30. The van der Waals surface area contributed by atoms with Gasteiger partial charge in [-0.25, -0.2) is 0 Å². The standard InChI is InChI=1S/C24H27ClN2O2/c1-24(23(29)26-16-17-11-13-19(25)14-12-17)15-18-7-5-6-10-21(18)22(28)27(24)20-8-3-2-4-9-20/h5-7,10-14,20H,2-4,8-9,15-16H2,1H3,(H,26,29). The van der Waals surface area contributed by atoms with Gasteiger partial charge in [0.15, 0.2) is 0 Å². The third-order valence-electron chi connectivity index (χ3n) is 6.33. The summed E-state index contributed by atoms with van der Waals surface area (Å²) in [5.74, 6) is -0.108. The molecule has 0 radical (unpaired) electrons. The van der Waals surface area contributed by atoms with E-state index in [9.17, 15) is 9.59 Å². The highest BCUT2D eigenvalue weighted by Crippen LogP contribution is 2.37. The zero-order chi connectivity index (χ0) is 20.4. The van der Waals surface area contributed by atoms with Crippen molar-refractivity contribution in [3.8, 4) is 0 Å². The zero-order valence-corrected chi connectivity index (χ0v) is 17.5. The fourth-order valence-corrected chi connectivity index (χ4v) is 4.89. The molecule has 4 rings (SSSR count). The van der Waals surface area contributed by atoms with Gasteiger partial charge in [-0.05, 0) is 49.1 Å². The van der Waals surface area contributed by atoms with E-state index in [0.717, 1.165) is 42.4 Å². The molecule has 4 nitrogen and oxygen atoms in total. The fourth-order valence-electron chi connectivity index (χ4n) is 4.77. The van der Waals surface area contributed by atoms with Crippen LogP contribution in [-0.4, -0.2) is 28.3 Å². The molecule has 1 saturated carbocycles. The Balaban J connectivity index is 1.62. The summed E-state index contributed by atoms with van der Waals surface area (Å²) in [4.78, 5) is 28.8. The molecular formula is C24H27ClN2O2. The molecule has 1 atom stereocenters. The van der Waals surface area contributed by atoms with Gasteiger partial charge in [0.1, 0.15) is 5.54 Å². The van der Waals surface area contributed by atoms with E-state index < -0.39 is 5.54 Å². The van der Waals surface area contributed by atoms with Crippen molar-refractivity contribution in [3.05, 3.63) is 70.2 Å². The van der Waals surface area contributed by atoms with Gasteiger partial charge < -0.3 is 10.2 Å². The Bertz CT molecular complexity index is 905. The second-order valence-electron chi connectivity index (χ2n) is 8.38. The van der Waals surface area contributed by atoms with Crippen LogP contribution in [0.2, 0.25) is 5.02 Å². The van der Waals surface area contributed by atoms with E-state index in [4.69, 9.17) is 11.6 Å². The summed E-state index contributed by atoms with van der Waals surface area (Å²) >= 11 is 5.96. The quantitative estimate of drug-likeness (QED) is 0.790. The molecule has 1 unspecified atom stereocenters. The second kappa shape index (κ2) is 8.19. The zero-order valence-electron chi connectivity index (χ0n) is 16.8. The van der Waals surface area contributed by atoms with Crippen LogP contribution in [0.3, 0.4) is 0 Å². The van der Waals surface area contributed by atoms with Gasteiger partial charge >= 0.3 is 0 Å². The van der Waals surface area contributed by atoms with E-state index >= 15 is 0 Å². The Kier molecular flexibility index (Phi) is 5.64. The fraction of sp³-hybridized carbons (Fsp3) is 0.417. The van der Waals surface area contributed by atoms with Crippen LogP contribution in [0.1, 0.15) is 60.5 Å². The monoisotopic (exact) mass is 410 g/mol. The summed E-state index contributed by atoms with van der Waals surface area (Å²) in [6, 6.07) is 15.3. The first-order valence-corrected chi connectivity index (χ1v) is 10.8. The number of carbonyl (C=O) groups is 2. The lowest BCUT2D eigenvalue weighted by Gasteiger charge is -2.49. The highest BCUT2D eigenvalue weighted by Gasteiger charge is 2.49. The molecule has 1 aliphatic carbocycles. The van der Waals surface area contributed by atoms with E-state index in [1.54, 1.807) is 0 Å². The minimum absolute atomic E-state index is 0.0112. The van der Waals surface area contributed by atoms with Crippen molar-refractivity contribution < 1.29 is 9.59 Å². The molecule has 2 amide bonds. The van der Waals surface area contributed by atoms with Gasteiger partial charge in [-0.2, -0.15) is 0 Å². The molecule has 0 spiro atoms. The third kappa shape index (κ3) is 3.91. The smallest absolute Gasteiger partial charge is 0.255 e. The number of nitrogens with one attached hydrogen (secondary N) is 1. The summed E-state index contributed by atoms with van der Waals surface area (Å²) < 4.78 is 0. The van der Waals surface area contributed by atoms with Crippen molar-refractivity contribution in [1.82, 2.24) is 10.2 Å². The van der Waals surface area contributed by atoms with Crippen molar-refractivity contribution in [1.29, 1.82) is 0 Å². The Morgan fingerprint density at radius 3 is 2.52 bits per heavy atom. The van der Waals surface area contributed by atoms with Crippen molar-refractivity contribution in [2.45, 2.75) is 63.6 Å². The molecule has 29 heavy (non-hydrogen) atoms. The lowest BCUT2D eigenvalue weighted by atomic mass is 9.79. The Morgan fingerprint density at radius 2 is 1.79 bits per heavy atom. The van der Waals surface area contributed by atoms with Crippen molar-refractivity contribution in [3.63, 3.8) is 0 Å². The topological polar surface area (TPSA) is 49.4 Å². The van der Waals surface area contributed by atoms with Crippen LogP contribution in [0.25, 0.3) is 0 Å². The van der Waals surface area contributed by atoms with Crippen LogP contribution in [0.15, 0.2) is 48.5 Å². The van der Waals surface area contributed by atoms with Crippen LogP contribution in [-0.2, 0) is 17.8 Å². The number of rotatable bonds is 4. The minimum Gasteiger partial charge on any atom is -0.350 e. The van der Waals surface area contributed by atoms with Crippen molar-refractivity contribution in [2.75, 3.05) is 0 Å². The van der Waals surface area contributed by atoms with Gasteiger partial charge in [0.05, 0.1) is 0 Å². The first-order valence-electron chi connectivity index (χ1n) is 10.4. The normalized spacial score (nSPS) is 22.3. The summed E-state index contributed by atoms with van der Waals surface area (Å²) in [5.41, 5.74) is 1.78. The Hall–Kier alpha value is -2.33. The summed E-state index contributed by atoms with van der Waals surface area (Å²) in [5, 5.41) is 3.74. The number of hydrogen-bond donors (Lipinski definition) is 1. The second-order valence-corrected chi connectivity index (χ2v) is 8.82. The molecule has 2 aromatic carbocycles. The lowest BCUT2D eigenvalue weighted by Crippen LogP contribution is -2.65. The van der Waals surface area contributed by atoms with Gasteiger partial charge in [0, 0.05) is 29.6 Å². The molecule has 0 bridgehead atoms. The van der Waals surface area contributed by atoms with E-state index in [-0.39, 0.29) is 17.9 Å². The predicted molar refractivity (Wildman–Crippen MR) is 115 cm³/mol. The average molecular weight is 411 g/mol. The van der Waals surface area contributed by atoms with Crippen LogP contribution in [0, 0.1) is 0 Å². The Morgan fingerprint density at radius 1 is 1.10 bits per heavy atom. The number of benzene rings is 2. The number of fused-ring (bicyclic) bond motifs is 1.